The smallest absolute Gasteiger partial charge is 0.146 e. The van der Waals surface area contributed by atoms with E-state index in [0.717, 1.165) is 33.0 Å². The predicted octanol–water partition coefficient (Wildman–Crippen LogP) is 3.85. The molecule has 26 heavy (non-hydrogen) atoms. The van der Waals surface area contributed by atoms with Crippen molar-refractivity contribution in [3.8, 4) is 11.1 Å². The maximum absolute atomic E-state index is 9.77. The largest absolute Gasteiger partial charge is 0.394 e. The van der Waals surface area contributed by atoms with Crippen LogP contribution in [0.25, 0.3) is 21.3 Å². The summed E-state index contributed by atoms with van der Waals surface area (Å²) >= 11 is 1.64. The van der Waals surface area contributed by atoms with Gasteiger partial charge in [-0.2, -0.15) is 0 Å². The molecular formula is C20H26N4OS. The van der Waals surface area contributed by atoms with Crippen molar-refractivity contribution in [2.75, 3.05) is 26.0 Å². The molecule has 3 aromatic rings. The monoisotopic (exact) mass is 370 g/mol. The average molecular weight is 371 g/mol. The molecule has 0 aliphatic rings. The Balaban J connectivity index is 2.14. The summed E-state index contributed by atoms with van der Waals surface area (Å²) < 4.78 is 0. The molecule has 0 saturated heterocycles. The zero-order chi connectivity index (χ0) is 18.7. The summed E-state index contributed by atoms with van der Waals surface area (Å²) in [6.45, 7) is 4.93. The number of rotatable bonds is 7. The van der Waals surface area contributed by atoms with Gasteiger partial charge in [-0.25, -0.2) is 9.97 Å². The Labute approximate surface area is 158 Å². The second-order valence-electron chi connectivity index (χ2n) is 7.10. The van der Waals surface area contributed by atoms with E-state index in [1.807, 2.05) is 32.3 Å². The number of aliphatic hydroxyl groups is 1. The standard InChI is InChI=1S/C20H26N4OS/c1-13(2)16(11-25)21-19-18-15(14-8-6-5-7-9-14)12-26-20(18)23-17(22-19)10-24(3)4/h5-9,12-13,16,25H,10-11H2,1-4H3,(H,21,22,23)/t16-/m1/s1. The molecule has 2 aromatic heterocycles. The molecule has 0 aliphatic heterocycles. The molecule has 0 saturated carbocycles. The second kappa shape index (κ2) is 8.12. The van der Waals surface area contributed by atoms with Gasteiger partial charge in [0.1, 0.15) is 16.5 Å². The molecule has 0 spiro atoms. The number of benzene rings is 1. The Bertz CT molecular complexity index is 861. The highest BCUT2D eigenvalue weighted by Crippen LogP contribution is 2.37. The number of aliphatic hydroxyl groups excluding tert-OH is 1. The van der Waals surface area contributed by atoms with E-state index in [2.05, 4.69) is 41.6 Å². The Kier molecular flexibility index (Phi) is 5.86. The van der Waals surface area contributed by atoms with Crippen LogP contribution in [0.2, 0.25) is 0 Å². The third-order valence-corrected chi connectivity index (χ3v) is 5.22. The van der Waals surface area contributed by atoms with Gasteiger partial charge in [-0.1, -0.05) is 44.2 Å². The molecule has 0 bridgehead atoms. The summed E-state index contributed by atoms with van der Waals surface area (Å²) in [6.07, 6.45) is 0. The minimum Gasteiger partial charge on any atom is -0.394 e. The van der Waals surface area contributed by atoms with Crippen molar-refractivity contribution >= 4 is 27.4 Å². The van der Waals surface area contributed by atoms with Crippen molar-refractivity contribution in [1.29, 1.82) is 0 Å². The van der Waals surface area contributed by atoms with E-state index in [1.165, 1.54) is 0 Å². The number of nitrogens with zero attached hydrogens (tertiary/aromatic N) is 3. The molecule has 138 valence electrons. The van der Waals surface area contributed by atoms with Gasteiger partial charge in [0, 0.05) is 10.9 Å². The highest BCUT2D eigenvalue weighted by molar-refractivity contribution is 7.17. The van der Waals surface area contributed by atoms with Crippen LogP contribution in [0.1, 0.15) is 19.7 Å². The third kappa shape index (κ3) is 4.03. The van der Waals surface area contributed by atoms with E-state index in [4.69, 9.17) is 9.97 Å². The highest BCUT2D eigenvalue weighted by Gasteiger charge is 2.19. The minimum absolute atomic E-state index is 0.0520. The fraction of sp³-hybridized carbons (Fsp3) is 0.400. The van der Waals surface area contributed by atoms with Crippen LogP contribution >= 0.6 is 11.3 Å². The third-order valence-electron chi connectivity index (χ3n) is 4.35. The van der Waals surface area contributed by atoms with Crippen molar-refractivity contribution < 1.29 is 5.11 Å². The second-order valence-corrected chi connectivity index (χ2v) is 7.96. The zero-order valence-electron chi connectivity index (χ0n) is 15.7. The van der Waals surface area contributed by atoms with Crippen LogP contribution in [0.4, 0.5) is 5.82 Å². The first kappa shape index (κ1) is 18.8. The molecule has 6 heteroatoms. The van der Waals surface area contributed by atoms with E-state index in [0.29, 0.717) is 12.5 Å². The maximum atomic E-state index is 9.77. The van der Waals surface area contributed by atoms with Gasteiger partial charge >= 0.3 is 0 Å². The van der Waals surface area contributed by atoms with Gasteiger partial charge in [0.15, 0.2) is 0 Å². The lowest BCUT2D eigenvalue weighted by Crippen LogP contribution is -2.30. The van der Waals surface area contributed by atoms with E-state index in [-0.39, 0.29) is 12.6 Å². The van der Waals surface area contributed by atoms with Crippen molar-refractivity contribution in [3.05, 3.63) is 41.5 Å². The number of aromatic nitrogens is 2. The number of fused-ring (bicyclic) bond motifs is 1. The van der Waals surface area contributed by atoms with Gasteiger partial charge in [-0.15, -0.1) is 11.3 Å². The fourth-order valence-electron chi connectivity index (χ4n) is 2.87. The van der Waals surface area contributed by atoms with Gasteiger partial charge in [-0.05, 0) is 25.6 Å². The van der Waals surface area contributed by atoms with Crippen LogP contribution in [0, 0.1) is 5.92 Å². The molecular weight excluding hydrogens is 344 g/mol. The number of anilines is 1. The number of hydrogen-bond donors (Lipinski definition) is 2. The zero-order valence-corrected chi connectivity index (χ0v) is 16.5. The van der Waals surface area contributed by atoms with Crippen molar-refractivity contribution in [1.82, 2.24) is 14.9 Å². The first-order chi connectivity index (χ1) is 12.5. The molecule has 0 unspecified atom stereocenters. The van der Waals surface area contributed by atoms with E-state index < -0.39 is 0 Å². The average Bonchev–Trinajstić information content (AvgIpc) is 3.03. The summed E-state index contributed by atoms with van der Waals surface area (Å²) in [5.74, 6) is 1.88. The van der Waals surface area contributed by atoms with Gasteiger partial charge in [-0.3, -0.25) is 0 Å². The van der Waals surface area contributed by atoms with Gasteiger partial charge in [0.05, 0.1) is 24.6 Å². The molecule has 2 N–H and O–H groups in total. The minimum atomic E-state index is -0.0520. The Morgan fingerprint density at radius 2 is 1.88 bits per heavy atom. The van der Waals surface area contributed by atoms with Crippen LogP contribution in [-0.2, 0) is 6.54 Å². The van der Waals surface area contributed by atoms with E-state index in [9.17, 15) is 5.11 Å². The van der Waals surface area contributed by atoms with Crippen LogP contribution in [0.3, 0.4) is 0 Å². The van der Waals surface area contributed by atoms with Crippen LogP contribution in [0.5, 0.6) is 0 Å². The molecule has 0 radical (unpaired) electrons. The summed E-state index contributed by atoms with van der Waals surface area (Å²) in [5, 5.41) is 16.4. The Hall–Kier alpha value is -2.02. The SMILES string of the molecule is CC(C)[C@@H](CO)Nc1nc(CN(C)C)nc2scc(-c3ccccc3)c12. The van der Waals surface area contributed by atoms with Crippen molar-refractivity contribution in [3.63, 3.8) is 0 Å². The molecule has 1 atom stereocenters. The first-order valence-corrected chi connectivity index (χ1v) is 9.73. The molecule has 1 aromatic carbocycles. The van der Waals surface area contributed by atoms with E-state index >= 15 is 0 Å². The molecule has 2 heterocycles. The van der Waals surface area contributed by atoms with Gasteiger partial charge in [0.2, 0.25) is 0 Å². The summed E-state index contributed by atoms with van der Waals surface area (Å²) in [6, 6.07) is 10.2. The molecule has 5 nitrogen and oxygen atoms in total. The Morgan fingerprint density at radius 1 is 1.15 bits per heavy atom. The highest BCUT2D eigenvalue weighted by atomic mass is 32.1. The lowest BCUT2D eigenvalue weighted by atomic mass is 10.0. The lowest BCUT2D eigenvalue weighted by molar-refractivity contribution is 0.249. The van der Waals surface area contributed by atoms with Crippen LogP contribution in [0.15, 0.2) is 35.7 Å². The first-order valence-electron chi connectivity index (χ1n) is 8.85. The molecule has 0 aliphatic carbocycles. The normalized spacial score (nSPS) is 12.9. The van der Waals surface area contributed by atoms with Crippen molar-refractivity contribution in [2.24, 2.45) is 5.92 Å². The predicted molar refractivity (Wildman–Crippen MR) is 110 cm³/mol. The van der Waals surface area contributed by atoms with Gasteiger partial charge in [0.25, 0.3) is 0 Å². The number of hydrogen-bond acceptors (Lipinski definition) is 6. The summed E-state index contributed by atoms with van der Waals surface area (Å²) in [4.78, 5) is 12.6. The van der Waals surface area contributed by atoms with E-state index in [1.54, 1.807) is 11.3 Å². The lowest BCUT2D eigenvalue weighted by Gasteiger charge is -2.22. The number of thiophene rings is 1. The van der Waals surface area contributed by atoms with Crippen LogP contribution < -0.4 is 5.32 Å². The van der Waals surface area contributed by atoms with Crippen molar-refractivity contribution in [2.45, 2.75) is 26.4 Å². The summed E-state index contributed by atoms with van der Waals surface area (Å²) in [5.41, 5.74) is 2.28. The fourth-order valence-corrected chi connectivity index (χ4v) is 3.84. The number of nitrogens with one attached hydrogen (secondary N) is 1. The maximum Gasteiger partial charge on any atom is 0.146 e. The topological polar surface area (TPSA) is 61.3 Å². The summed E-state index contributed by atoms with van der Waals surface area (Å²) in [7, 11) is 4.02. The molecule has 3 rings (SSSR count). The van der Waals surface area contributed by atoms with Gasteiger partial charge < -0.3 is 15.3 Å². The quantitative estimate of drug-likeness (QED) is 0.661. The molecule has 0 amide bonds. The Morgan fingerprint density at radius 3 is 2.50 bits per heavy atom. The van der Waals surface area contributed by atoms with Crippen LogP contribution in [-0.4, -0.2) is 46.7 Å². The molecule has 0 fully saturated rings.